The van der Waals surface area contributed by atoms with E-state index in [0.717, 1.165) is 67.8 Å². The molecule has 3 unspecified atom stereocenters. The molecule has 1 saturated heterocycles. The summed E-state index contributed by atoms with van der Waals surface area (Å²) in [4.78, 5) is 85.1. The van der Waals surface area contributed by atoms with Gasteiger partial charge in [0.1, 0.15) is 36.4 Å². The van der Waals surface area contributed by atoms with Crippen LogP contribution in [0.1, 0.15) is 141 Å². The van der Waals surface area contributed by atoms with Crippen LogP contribution in [-0.2, 0) is 103 Å². The first-order valence-electron chi connectivity index (χ1n) is 30.6. The second-order valence-corrected chi connectivity index (χ2v) is 35.4. The van der Waals surface area contributed by atoms with Gasteiger partial charge < -0.3 is 49.0 Å². The molecule has 6 atom stereocenters. The predicted molar refractivity (Wildman–Crippen MR) is 374 cm³/mol. The molecule has 0 bridgehead atoms. The number of aromatic amines is 1. The number of ether oxygens (including phenoxy) is 3. The fourth-order valence-corrected chi connectivity index (χ4v) is 17.1. The Morgan fingerprint density at radius 1 is 0.907 bits per heavy atom. The van der Waals surface area contributed by atoms with Crippen LogP contribution in [0.4, 0.5) is 17.3 Å². The summed E-state index contributed by atoms with van der Waals surface area (Å²) in [5.74, 6) is 7.31. The number of carbonyl (C=O) groups is 2. The Morgan fingerprint density at radius 3 is 2.27 bits per heavy atom. The Balaban J connectivity index is 0.00000361. The van der Waals surface area contributed by atoms with E-state index in [1.165, 1.54) is 33.8 Å². The van der Waals surface area contributed by atoms with Gasteiger partial charge in [-0.05, 0) is 100 Å². The zero-order chi connectivity index (χ0) is 71.5. The van der Waals surface area contributed by atoms with Gasteiger partial charge in [0, 0.05) is 105 Å². The topological polar surface area (TPSA) is 410 Å². The quantitative estimate of drug-likeness (QED) is 0.00323. The van der Waals surface area contributed by atoms with E-state index >= 15 is 0 Å². The van der Waals surface area contributed by atoms with Gasteiger partial charge in [-0.15, -0.1) is 12.6 Å². The SMILES string of the molecule is CCN1\C(=C/C=C/C=C/C2=[N+](CCCCCC(=O)CCCSSCOCCCCCC(=O)CCC#Cc3cn([C@H]4C[C@H](OCS(C)=S)[C@@H](COP(=O)(O)OP(=O)(O)OP(=O)(O)O)O4)c4nc(N)[nH]c(=O)c34)c3ccc(S(=O)(=O)O)cc3C2(C)C)C(C)(C)c2ccccc21.O=S(=O)=O. The van der Waals surface area contributed by atoms with Crippen LogP contribution in [0, 0.1) is 11.8 Å². The monoisotopic (exact) mass is 1520 g/mol. The number of allylic oxidation sites excluding steroid dienone is 6. The summed E-state index contributed by atoms with van der Waals surface area (Å²) in [5.41, 5.74) is 11.4. The predicted octanol–water partition coefficient (Wildman–Crippen LogP) is 9.65. The molecule has 0 aliphatic carbocycles. The molecule has 2 aromatic carbocycles. The summed E-state index contributed by atoms with van der Waals surface area (Å²) >= 11 is 5.24. The van der Waals surface area contributed by atoms with Gasteiger partial charge in [-0.1, -0.05) is 99.6 Å². The fraction of sp³-hybridized carbons (Fsp3) is 0.517. The van der Waals surface area contributed by atoms with Crippen LogP contribution in [0.3, 0.4) is 0 Å². The Kier molecular flexibility index (Phi) is 30.8. The number of nitrogen functional groups attached to an aromatic ring is 1. The van der Waals surface area contributed by atoms with Gasteiger partial charge >= 0.3 is 34.1 Å². The first-order chi connectivity index (χ1) is 45.5. The minimum atomic E-state index is -5.78. The Morgan fingerprint density at radius 2 is 1.59 bits per heavy atom. The molecule has 8 N–H and O–H groups in total. The average molecular weight is 1520 g/mol. The van der Waals surface area contributed by atoms with Crippen molar-refractivity contribution >= 4 is 132 Å². The summed E-state index contributed by atoms with van der Waals surface area (Å²) in [6, 6.07) is 13.3. The lowest BCUT2D eigenvalue weighted by molar-refractivity contribution is -0.438. The molecule has 1 fully saturated rings. The van der Waals surface area contributed by atoms with Crippen molar-refractivity contribution in [3.8, 4) is 11.8 Å². The molecule has 0 amide bonds. The number of benzene rings is 2. The molecule has 0 radical (unpaired) electrons. The van der Waals surface area contributed by atoms with E-state index in [9.17, 15) is 50.8 Å². The molecule has 0 spiro atoms. The van der Waals surface area contributed by atoms with Crippen molar-refractivity contribution in [2.45, 2.75) is 152 Å². The number of unbranched alkanes of at least 4 members (excludes halogenated alkanes) is 4. The first-order valence-corrected chi connectivity index (χ1v) is 42.8. The van der Waals surface area contributed by atoms with Crippen LogP contribution in [0.25, 0.3) is 11.0 Å². The zero-order valence-electron chi connectivity index (χ0n) is 54.2. The van der Waals surface area contributed by atoms with Gasteiger partial charge in [-0.25, -0.2) is 13.7 Å². The maximum atomic E-state index is 13.2. The molecule has 5 heterocycles. The number of hydrogen-bond acceptors (Lipinski definition) is 23. The number of carbonyl (C=O) groups excluding carboxylic acids is 2. The number of nitrogens with one attached hydrogen (secondary N) is 1. The molecule has 7 rings (SSSR count). The number of ketones is 2. The van der Waals surface area contributed by atoms with Crippen LogP contribution in [0.15, 0.2) is 94.4 Å². The lowest BCUT2D eigenvalue weighted by Crippen LogP contribution is -2.29. The van der Waals surface area contributed by atoms with Crippen molar-refractivity contribution < 1.29 is 100 Å². The normalized spacial score (nSPS) is 19.4. The van der Waals surface area contributed by atoms with Crippen LogP contribution < -0.4 is 16.2 Å². The number of para-hydroxylation sites is 1. The number of Topliss-reactive ketones (excluding diaryl/α,β-unsaturated/α-hetero) is 2. The lowest BCUT2D eigenvalue weighted by atomic mass is 9.81. The highest BCUT2D eigenvalue weighted by Gasteiger charge is 2.46. The summed E-state index contributed by atoms with van der Waals surface area (Å²) < 4.78 is 129. The Bertz CT molecular complexity index is 4160. The Hall–Kier alpha value is -4.66. The van der Waals surface area contributed by atoms with Crippen molar-refractivity contribution in [1.82, 2.24) is 14.5 Å². The van der Waals surface area contributed by atoms with Crippen molar-refractivity contribution in [1.29, 1.82) is 0 Å². The molecule has 3 aliphatic rings. The smallest absolute Gasteiger partial charge is 0.370 e. The van der Waals surface area contributed by atoms with Crippen molar-refractivity contribution in [3.05, 3.63) is 112 Å². The third kappa shape index (κ3) is 24.5. The highest BCUT2D eigenvalue weighted by Crippen LogP contribution is 2.66. The minimum absolute atomic E-state index is 0.0251. The highest BCUT2D eigenvalue weighted by molar-refractivity contribution is 8.76. The number of anilines is 2. The number of H-pyrrole nitrogens is 1. The third-order valence-corrected chi connectivity index (χ3v) is 23.3. The van der Waals surface area contributed by atoms with Crippen molar-refractivity contribution in [2.24, 2.45) is 0 Å². The summed E-state index contributed by atoms with van der Waals surface area (Å²) in [7, 11) is -21.8. The first kappa shape index (κ1) is 81.3. The van der Waals surface area contributed by atoms with Crippen LogP contribution in [0.2, 0.25) is 0 Å². The summed E-state index contributed by atoms with van der Waals surface area (Å²) in [6.07, 6.45) is 17.8. The van der Waals surface area contributed by atoms with Gasteiger partial charge in [0.15, 0.2) is 11.4 Å². The molecule has 4 aromatic rings. The van der Waals surface area contributed by atoms with Gasteiger partial charge in [0.05, 0.1) is 39.9 Å². The van der Waals surface area contributed by atoms with Crippen LogP contribution in [0.5, 0.6) is 0 Å². The number of phosphoric acid groups is 3. The molecule has 28 nitrogen and oxygen atoms in total. The average Bonchev–Trinajstić information content (AvgIpc) is 1.61. The van der Waals surface area contributed by atoms with E-state index in [1.807, 2.05) is 12.2 Å². The minimum Gasteiger partial charge on any atom is -0.370 e. The van der Waals surface area contributed by atoms with E-state index in [1.54, 1.807) is 40.0 Å². The van der Waals surface area contributed by atoms with Crippen LogP contribution in [-0.4, -0.2) is 144 Å². The molecule has 97 heavy (non-hydrogen) atoms. The van der Waals surface area contributed by atoms with Crippen molar-refractivity contribution in [2.75, 3.05) is 60.8 Å². The molecular formula is C60H82N6O22P3S6+. The molecule has 3 aliphatic heterocycles. The molecular weight excluding hydrogens is 1440 g/mol. The summed E-state index contributed by atoms with van der Waals surface area (Å²) in [5, 5.41) is 0.0698. The van der Waals surface area contributed by atoms with Gasteiger partial charge in [0.2, 0.25) is 11.6 Å². The number of rotatable bonds is 37. The standard InChI is InChI=1S/C60H81N6O19P3S5.O3S/c1-7-64-48-28-18-17-27-46(48)59(2,3)52(64)29-13-8-14-30-53-60(4,5)47-36-45(93(77,78)79)31-32-49(47)65(53)33-19-9-11-23-44(68)26-21-35-90-91-40-80-34-20-10-12-24-43(67)25-16-15-22-42-38-66(56-55(42)57(69)63-58(61)62-56)54-37-50(81-41-92(6)89)51(83-54)39-82-87(73,74)85-88(75,76)84-86(70,71)72;1-4(2)3/h8,13-14,17-18,27-32,36,38,50-51,54H,7,9-12,16,19-21,23-26,33-35,37,39-41H2,1-6H3,(H7-,61,62,63,69,70,71,72,73,74,75,76,77,78,79);/p+1/t50-,51+,54+,92?;/m0./s1. The van der Waals surface area contributed by atoms with E-state index in [-0.39, 0.29) is 69.6 Å². The van der Waals surface area contributed by atoms with E-state index in [4.69, 9.17) is 58.1 Å². The largest absolute Gasteiger partial charge is 0.490 e. The van der Waals surface area contributed by atoms with Crippen LogP contribution >= 0.6 is 45.1 Å². The van der Waals surface area contributed by atoms with E-state index < -0.39 is 89.7 Å². The van der Waals surface area contributed by atoms with Gasteiger partial charge in [-0.3, -0.25) is 28.4 Å². The van der Waals surface area contributed by atoms with E-state index in [2.05, 4.69) is 117 Å². The zero-order valence-corrected chi connectivity index (χ0v) is 61.8. The maximum absolute atomic E-state index is 13.2. The number of hydrogen-bond donors (Lipinski definition) is 7. The number of fused-ring (bicyclic) bond motifs is 3. The second kappa shape index (κ2) is 36.8. The lowest BCUT2D eigenvalue weighted by Gasteiger charge is -2.25. The molecule has 37 heteroatoms. The molecule has 2 aromatic heterocycles. The van der Waals surface area contributed by atoms with Crippen molar-refractivity contribution in [3.63, 3.8) is 0 Å². The Labute approximate surface area is 579 Å². The highest BCUT2D eigenvalue weighted by atomic mass is 33.1. The van der Waals surface area contributed by atoms with Gasteiger partial charge in [0.25, 0.3) is 15.7 Å². The number of nitrogens with two attached hydrogens (primary N) is 1. The summed E-state index contributed by atoms with van der Waals surface area (Å²) in [6.45, 7) is 12.0. The molecule has 534 valence electrons. The second-order valence-electron chi connectivity index (χ2n) is 23.5. The number of likely N-dealkylation sites (N-methyl/N-ethyl adjacent to an activating group) is 1. The van der Waals surface area contributed by atoms with E-state index in [0.29, 0.717) is 44.8 Å². The fourth-order valence-electron chi connectivity index (χ4n) is 11.3. The molecule has 0 saturated carbocycles. The number of nitrogens with zero attached hydrogens (tertiary/aromatic N) is 4. The van der Waals surface area contributed by atoms with Gasteiger partial charge in [-0.2, -0.15) is 26.6 Å². The third-order valence-electron chi connectivity index (χ3n) is 15.7. The number of phosphoric ester groups is 1. The maximum Gasteiger partial charge on any atom is 0.490 e. The number of aromatic nitrogens is 3.